The Labute approximate surface area is 156 Å². The SMILES string of the molecule is Brc1ccc2c(c1)C1(c3ccccc3S2)C2CC3CC(C2)CC1C3. The Hall–Kier alpha value is -0.730. The summed E-state index contributed by atoms with van der Waals surface area (Å²) in [6.45, 7) is 0. The minimum absolute atomic E-state index is 0.286. The molecule has 2 aromatic carbocycles. The summed E-state index contributed by atoms with van der Waals surface area (Å²) in [7, 11) is 0. The number of hydrogen-bond acceptors (Lipinski definition) is 1. The maximum atomic E-state index is 3.77. The summed E-state index contributed by atoms with van der Waals surface area (Å²) in [4.78, 5) is 3.02. The van der Waals surface area contributed by atoms with E-state index in [0.717, 1.165) is 23.7 Å². The number of halogens is 1. The monoisotopic (exact) mass is 396 g/mol. The fourth-order valence-corrected chi connectivity index (χ4v) is 8.45. The molecule has 4 saturated carbocycles. The van der Waals surface area contributed by atoms with Gasteiger partial charge in [-0.2, -0.15) is 0 Å². The molecule has 4 fully saturated rings. The molecular weight excluding hydrogens is 376 g/mol. The Balaban J connectivity index is 1.67. The second kappa shape index (κ2) is 4.92. The molecule has 2 heteroatoms. The molecule has 0 radical (unpaired) electrons. The van der Waals surface area contributed by atoms with Crippen molar-refractivity contribution in [2.75, 3.05) is 0 Å². The van der Waals surface area contributed by atoms with Crippen molar-refractivity contribution in [2.45, 2.75) is 47.3 Å². The first kappa shape index (κ1) is 14.4. The van der Waals surface area contributed by atoms with Gasteiger partial charge in [-0.15, -0.1) is 0 Å². The highest BCUT2D eigenvalue weighted by Gasteiger charge is 2.60. The summed E-state index contributed by atoms with van der Waals surface area (Å²) in [6.07, 6.45) is 7.34. The summed E-state index contributed by atoms with van der Waals surface area (Å²) < 4.78 is 1.24. The highest BCUT2D eigenvalue weighted by Crippen LogP contribution is 2.68. The van der Waals surface area contributed by atoms with Gasteiger partial charge in [0.1, 0.15) is 0 Å². The Morgan fingerprint density at radius 1 is 0.792 bits per heavy atom. The standard InChI is InChI=1S/C22H21BrS/c23-17-5-6-21-19(12-17)22(18-3-1-2-4-20(18)24-21)15-8-13-7-14(10-15)11-16(22)9-13/h1-6,12-16H,7-11H2. The van der Waals surface area contributed by atoms with Gasteiger partial charge in [-0.3, -0.25) is 0 Å². The zero-order valence-corrected chi connectivity index (χ0v) is 16.1. The molecule has 4 bridgehead atoms. The smallest absolute Gasteiger partial charge is 0.0282 e. The van der Waals surface area contributed by atoms with E-state index in [1.54, 1.807) is 11.1 Å². The summed E-state index contributed by atoms with van der Waals surface area (Å²) in [5.74, 6) is 3.72. The third-order valence-corrected chi connectivity index (χ3v) is 9.01. The van der Waals surface area contributed by atoms with Crippen molar-refractivity contribution in [1.29, 1.82) is 0 Å². The molecule has 1 spiro atoms. The zero-order valence-electron chi connectivity index (χ0n) is 13.7. The lowest BCUT2D eigenvalue weighted by molar-refractivity contribution is -0.0444. The number of hydrogen-bond donors (Lipinski definition) is 0. The van der Waals surface area contributed by atoms with Gasteiger partial charge in [0.2, 0.25) is 0 Å². The quantitative estimate of drug-likeness (QED) is 0.479. The van der Waals surface area contributed by atoms with E-state index >= 15 is 0 Å². The van der Waals surface area contributed by atoms with Gasteiger partial charge in [0.15, 0.2) is 0 Å². The minimum Gasteiger partial charge on any atom is -0.0895 e. The maximum Gasteiger partial charge on any atom is 0.0282 e. The van der Waals surface area contributed by atoms with Gasteiger partial charge >= 0.3 is 0 Å². The molecule has 0 atom stereocenters. The molecule has 0 aromatic heterocycles. The van der Waals surface area contributed by atoms with E-state index in [1.807, 2.05) is 11.8 Å². The highest BCUT2D eigenvalue weighted by molar-refractivity contribution is 9.10. The number of rotatable bonds is 0. The maximum absolute atomic E-state index is 3.77. The van der Waals surface area contributed by atoms with E-state index in [1.165, 1.54) is 46.4 Å². The lowest BCUT2D eigenvalue weighted by Gasteiger charge is -2.63. The van der Waals surface area contributed by atoms with Crippen LogP contribution in [0.4, 0.5) is 0 Å². The molecular formula is C22H21BrS. The van der Waals surface area contributed by atoms with E-state index < -0.39 is 0 Å². The largest absolute Gasteiger partial charge is 0.0895 e. The molecule has 24 heavy (non-hydrogen) atoms. The van der Waals surface area contributed by atoms with Crippen LogP contribution in [0.15, 0.2) is 56.7 Å². The first-order valence-electron chi connectivity index (χ1n) is 9.32. The van der Waals surface area contributed by atoms with Crippen LogP contribution in [0.1, 0.15) is 43.2 Å². The van der Waals surface area contributed by atoms with Gasteiger partial charge < -0.3 is 0 Å². The lowest BCUT2D eigenvalue weighted by Crippen LogP contribution is -2.57. The molecule has 1 aliphatic heterocycles. The molecule has 122 valence electrons. The van der Waals surface area contributed by atoms with Crippen molar-refractivity contribution in [1.82, 2.24) is 0 Å². The number of benzene rings is 2. The Bertz CT molecular complexity index is 812. The van der Waals surface area contributed by atoms with E-state index in [2.05, 4.69) is 58.4 Å². The molecule has 0 saturated heterocycles. The van der Waals surface area contributed by atoms with E-state index in [-0.39, 0.29) is 5.41 Å². The molecule has 1 heterocycles. The first-order chi connectivity index (χ1) is 11.7. The predicted molar refractivity (Wildman–Crippen MR) is 103 cm³/mol. The summed E-state index contributed by atoms with van der Waals surface area (Å²) in [5.41, 5.74) is 3.57. The zero-order chi connectivity index (χ0) is 15.9. The molecule has 0 unspecified atom stereocenters. The van der Waals surface area contributed by atoms with Crippen LogP contribution in [0, 0.1) is 23.7 Å². The van der Waals surface area contributed by atoms with E-state index in [4.69, 9.17) is 0 Å². The van der Waals surface area contributed by atoms with Gasteiger partial charge in [-0.1, -0.05) is 45.9 Å². The Morgan fingerprint density at radius 3 is 2.21 bits per heavy atom. The second-order valence-electron chi connectivity index (χ2n) is 8.41. The summed E-state index contributed by atoms with van der Waals surface area (Å²) >= 11 is 5.76. The average molecular weight is 397 g/mol. The molecule has 2 aromatic rings. The second-order valence-corrected chi connectivity index (χ2v) is 10.4. The predicted octanol–water partition coefficient (Wildman–Crippen LogP) is 6.66. The van der Waals surface area contributed by atoms with Crippen molar-refractivity contribution in [3.63, 3.8) is 0 Å². The van der Waals surface area contributed by atoms with Crippen LogP contribution < -0.4 is 0 Å². The van der Waals surface area contributed by atoms with Crippen molar-refractivity contribution in [2.24, 2.45) is 23.7 Å². The van der Waals surface area contributed by atoms with Crippen molar-refractivity contribution < 1.29 is 0 Å². The summed E-state index contributed by atoms with van der Waals surface area (Å²) in [5, 5.41) is 0. The molecule has 0 nitrogen and oxygen atoms in total. The normalized spacial score (nSPS) is 38.2. The highest BCUT2D eigenvalue weighted by atomic mass is 79.9. The van der Waals surface area contributed by atoms with Gasteiger partial charge in [0, 0.05) is 19.7 Å². The third kappa shape index (κ3) is 1.72. The van der Waals surface area contributed by atoms with Crippen LogP contribution in [0.5, 0.6) is 0 Å². The Morgan fingerprint density at radius 2 is 1.46 bits per heavy atom. The molecule has 7 rings (SSSR count). The molecule has 4 aliphatic carbocycles. The van der Waals surface area contributed by atoms with Gasteiger partial charge in [-0.25, -0.2) is 0 Å². The minimum atomic E-state index is 0.286. The van der Waals surface area contributed by atoms with Crippen molar-refractivity contribution in [3.8, 4) is 0 Å². The van der Waals surface area contributed by atoms with E-state index in [9.17, 15) is 0 Å². The molecule has 0 N–H and O–H groups in total. The molecule has 0 amide bonds. The Kier molecular flexibility index (Phi) is 2.96. The van der Waals surface area contributed by atoms with Crippen molar-refractivity contribution in [3.05, 3.63) is 58.1 Å². The van der Waals surface area contributed by atoms with E-state index in [0.29, 0.717) is 0 Å². The van der Waals surface area contributed by atoms with Crippen LogP contribution in [-0.2, 0) is 5.41 Å². The van der Waals surface area contributed by atoms with Crippen LogP contribution in [-0.4, -0.2) is 0 Å². The average Bonchev–Trinajstić information content (AvgIpc) is 2.58. The van der Waals surface area contributed by atoms with Crippen molar-refractivity contribution >= 4 is 27.7 Å². The summed E-state index contributed by atoms with van der Waals surface area (Å²) in [6, 6.07) is 16.3. The fraction of sp³-hybridized carbons (Fsp3) is 0.455. The fourth-order valence-electron chi connectivity index (χ4n) is 6.88. The number of fused-ring (bicyclic) bond motifs is 2. The third-order valence-electron chi connectivity index (χ3n) is 7.37. The van der Waals surface area contributed by atoms with Crippen LogP contribution >= 0.6 is 27.7 Å². The topological polar surface area (TPSA) is 0 Å². The van der Waals surface area contributed by atoms with Crippen LogP contribution in [0.3, 0.4) is 0 Å². The van der Waals surface area contributed by atoms with Crippen LogP contribution in [0.25, 0.3) is 0 Å². The van der Waals surface area contributed by atoms with Gasteiger partial charge in [0.25, 0.3) is 0 Å². The van der Waals surface area contributed by atoms with Gasteiger partial charge in [0.05, 0.1) is 0 Å². The molecule has 5 aliphatic rings. The lowest BCUT2D eigenvalue weighted by atomic mass is 9.42. The van der Waals surface area contributed by atoms with Crippen LogP contribution in [0.2, 0.25) is 0 Å². The van der Waals surface area contributed by atoms with Gasteiger partial charge in [-0.05, 0) is 91.2 Å². The first-order valence-corrected chi connectivity index (χ1v) is 10.9.